The molecule has 0 unspecified atom stereocenters. The van der Waals surface area contributed by atoms with Crippen LogP contribution in [0.15, 0.2) is 27.7 Å². The summed E-state index contributed by atoms with van der Waals surface area (Å²) in [5.41, 5.74) is -1.19. The maximum Gasteiger partial charge on any atom is 0.416 e. The van der Waals surface area contributed by atoms with Crippen molar-refractivity contribution in [1.29, 1.82) is 0 Å². The van der Waals surface area contributed by atoms with E-state index >= 15 is 0 Å². The smallest absolute Gasteiger partial charge is 0.205 e. The lowest BCUT2D eigenvalue weighted by molar-refractivity contribution is -0.0686. The van der Waals surface area contributed by atoms with E-state index in [1.165, 1.54) is 0 Å². The molecule has 0 saturated heterocycles. The first-order chi connectivity index (χ1) is 6.73. The van der Waals surface area contributed by atoms with Gasteiger partial charge in [-0.1, -0.05) is 6.58 Å². The van der Waals surface area contributed by atoms with Crippen LogP contribution in [0.1, 0.15) is 5.56 Å². The molecule has 0 nitrogen and oxygen atoms in total. The predicted octanol–water partition coefficient (Wildman–Crippen LogP) is 4.93. The Kier molecular flexibility index (Phi) is 3.60. The van der Waals surface area contributed by atoms with Gasteiger partial charge in [-0.2, -0.15) is 13.2 Å². The Labute approximate surface area is 100 Å². The second kappa shape index (κ2) is 4.25. The van der Waals surface area contributed by atoms with Crippen molar-refractivity contribution in [2.75, 3.05) is 0 Å². The summed E-state index contributed by atoms with van der Waals surface area (Å²) in [5, 5.41) is 0. The van der Waals surface area contributed by atoms with Crippen LogP contribution in [0.25, 0.3) is 5.57 Å². The minimum atomic E-state index is -4.52. The van der Waals surface area contributed by atoms with E-state index in [0.29, 0.717) is 0 Å². The van der Waals surface area contributed by atoms with E-state index in [4.69, 9.17) is 0 Å². The summed E-state index contributed by atoms with van der Waals surface area (Å²) in [7, 11) is 0. The van der Waals surface area contributed by atoms with Crippen LogP contribution < -0.4 is 0 Å². The number of hydrogen-bond acceptors (Lipinski definition) is 0. The van der Waals surface area contributed by atoms with Gasteiger partial charge in [-0.25, -0.2) is 4.39 Å². The van der Waals surface area contributed by atoms with Crippen LogP contribution in [0.5, 0.6) is 0 Å². The number of rotatable bonds is 1. The van der Waals surface area contributed by atoms with Crippen LogP contribution in [-0.4, -0.2) is 6.18 Å². The van der Waals surface area contributed by atoms with Gasteiger partial charge in [-0.15, -0.1) is 0 Å². The SMILES string of the molecule is C=C(c1cc(Br)c(F)c(Br)c1)C(F)(F)F. The van der Waals surface area contributed by atoms with Gasteiger partial charge in [-0.3, -0.25) is 0 Å². The Balaban J connectivity index is 3.24. The summed E-state index contributed by atoms with van der Waals surface area (Å²) in [4.78, 5) is 0. The van der Waals surface area contributed by atoms with Gasteiger partial charge < -0.3 is 0 Å². The van der Waals surface area contributed by atoms with Gasteiger partial charge in [0, 0.05) is 0 Å². The highest BCUT2D eigenvalue weighted by Crippen LogP contribution is 2.36. The monoisotopic (exact) mass is 346 g/mol. The quantitative estimate of drug-likeness (QED) is 0.499. The molecular formula is C9H4Br2F4. The molecule has 15 heavy (non-hydrogen) atoms. The van der Waals surface area contributed by atoms with Gasteiger partial charge in [0.15, 0.2) is 5.82 Å². The molecule has 0 amide bonds. The Morgan fingerprint density at radius 3 is 1.87 bits per heavy atom. The van der Waals surface area contributed by atoms with Gasteiger partial charge in [0.05, 0.1) is 14.5 Å². The molecule has 82 valence electrons. The van der Waals surface area contributed by atoms with Crippen molar-refractivity contribution in [2.24, 2.45) is 0 Å². The first-order valence-corrected chi connectivity index (χ1v) is 5.23. The summed E-state index contributed by atoms with van der Waals surface area (Å²) in [6, 6.07) is 2.08. The normalized spacial score (nSPS) is 11.6. The molecule has 0 bridgehead atoms. The molecule has 0 atom stereocenters. The second-order valence-electron chi connectivity index (χ2n) is 2.73. The fourth-order valence-electron chi connectivity index (χ4n) is 0.893. The van der Waals surface area contributed by atoms with E-state index in [0.717, 1.165) is 12.1 Å². The van der Waals surface area contributed by atoms with Gasteiger partial charge in [0.25, 0.3) is 0 Å². The lowest BCUT2D eigenvalue weighted by Crippen LogP contribution is -2.09. The molecule has 0 saturated carbocycles. The van der Waals surface area contributed by atoms with Gasteiger partial charge in [-0.05, 0) is 49.6 Å². The Morgan fingerprint density at radius 1 is 1.13 bits per heavy atom. The highest BCUT2D eigenvalue weighted by atomic mass is 79.9. The number of hydrogen-bond donors (Lipinski definition) is 0. The molecule has 1 aromatic carbocycles. The highest BCUT2D eigenvalue weighted by Gasteiger charge is 2.33. The van der Waals surface area contributed by atoms with Crippen molar-refractivity contribution in [1.82, 2.24) is 0 Å². The van der Waals surface area contributed by atoms with Gasteiger partial charge in [0.2, 0.25) is 0 Å². The third-order valence-corrected chi connectivity index (χ3v) is 2.83. The highest BCUT2D eigenvalue weighted by molar-refractivity contribution is 9.11. The first kappa shape index (κ1) is 12.7. The minimum absolute atomic E-state index is 0.0442. The van der Waals surface area contributed by atoms with E-state index in [1.54, 1.807) is 0 Å². The third kappa shape index (κ3) is 2.81. The van der Waals surface area contributed by atoms with E-state index in [9.17, 15) is 17.6 Å². The van der Waals surface area contributed by atoms with Crippen LogP contribution in [0.2, 0.25) is 0 Å². The van der Waals surface area contributed by atoms with E-state index in [2.05, 4.69) is 38.4 Å². The van der Waals surface area contributed by atoms with Crippen LogP contribution in [0, 0.1) is 5.82 Å². The number of benzene rings is 1. The number of allylic oxidation sites excluding steroid dienone is 1. The maximum atomic E-state index is 13.1. The molecular weight excluding hydrogens is 344 g/mol. The van der Waals surface area contributed by atoms with Gasteiger partial charge >= 0.3 is 6.18 Å². The molecule has 0 aliphatic heterocycles. The molecule has 0 fully saturated rings. The molecule has 0 aliphatic rings. The van der Waals surface area contributed by atoms with Crippen LogP contribution in [0.3, 0.4) is 0 Å². The zero-order chi connectivity index (χ0) is 11.8. The average Bonchev–Trinajstić information content (AvgIpc) is 2.10. The van der Waals surface area contributed by atoms with Crippen molar-refractivity contribution in [3.05, 3.63) is 39.0 Å². The van der Waals surface area contributed by atoms with Crippen molar-refractivity contribution < 1.29 is 17.6 Å². The van der Waals surface area contributed by atoms with E-state index < -0.39 is 17.6 Å². The maximum absolute atomic E-state index is 13.1. The van der Waals surface area contributed by atoms with Crippen LogP contribution in [0.4, 0.5) is 17.6 Å². The second-order valence-corrected chi connectivity index (χ2v) is 4.44. The lowest BCUT2D eigenvalue weighted by atomic mass is 10.1. The van der Waals surface area contributed by atoms with Crippen molar-refractivity contribution in [2.45, 2.75) is 6.18 Å². The molecule has 0 heterocycles. The fourth-order valence-corrected chi connectivity index (χ4v) is 2.08. The third-order valence-electron chi connectivity index (χ3n) is 1.67. The van der Waals surface area contributed by atoms with Crippen LogP contribution in [-0.2, 0) is 0 Å². The van der Waals surface area contributed by atoms with Crippen molar-refractivity contribution >= 4 is 37.4 Å². The zero-order valence-corrected chi connectivity index (χ0v) is 10.3. The first-order valence-electron chi connectivity index (χ1n) is 3.64. The lowest BCUT2D eigenvalue weighted by Gasteiger charge is -2.11. The standard InChI is InChI=1S/C9H4Br2F4/c1-4(9(13,14)15)5-2-6(10)8(12)7(11)3-5/h2-3H,1H2. The molecule has 0 aromatic heterocycles. The molecule has 1 aromatic rings. The number of alkyl halides is 3. The Hall–Kier alpha value is -0.360. The predicted molar refractivity (Wildman–Crippen MR) is 56.9 cm³/mol. The summed E-state index contributed by atoms with van der Waals surface area (Å²) >= 11 is 5.64. The Bertz CT molecular complexity index is 386. The number of halogens is 6. The van der Waals surface area contributed by atoms with E-state index in [-0.39, 0.29) is 14.5 Å². The average molecular weight is 348 g/mol. The van der Waals surface area contributed by atoms with Crippen molar-refractivity contribution in [3.63, 3.8) is 0 Å². The van der Waals surface area contributed by atoms with E-state index in [1.807, 2.05) is 0 Å². The summed E-state index contributed by atoms with van der Waals surface area (Å²) in [6.07, 6.45) is -4.52. The molecule has 0 aliphatic carbocycles. The van der Waals surface area contributed by atoms with Crippen LogP contribution >= 0.6 is 31.9 Å². The molecule has 1 rings (SSSR count). The molecule has 0 spiro atoms. The van der Waals surface area contributed by atoms with Crippen molar-refractivity contribution in [3.8, 4) is 0 Å². The minimum Gasteiger partial charge on any atom is -0.205 e. The van der Waals surface area contributed by atoms with Gasteiger partial charge in [0.1, 0.15) is 0 Å². The Morgan fingerprint density at radius 2 is 1.53 bits per heavy atom. The summed E-state index contributed by atoms with van der Waals surface area (Å²) in [5.74, 6) is -0.645. The molecule has 0 N–H and O–H groups in total. The topological polar surface area (TPSA) is 0 Å². The summed E-state index contributed by atoms with van der Waals surface area (Å²) < 4.78 is 49.8. The molecule has 6 heteroatoms. The summed E-state index contributed by atoms with van der Waals surface area (Å²) in [6.45, 7) is 2.92. The molecule has 0 radical (unpaired) electrons. The largest absolute Gasteiger partial charge is 0.416 e. The zero-order valence-electron chi connectivity index (χ0n) is 7.13. The fraction of sp³-hybridized carbons (Fsp3) is 0.111.